The molecule has 0 aliphatic rings. The van der Waals surface area contributed by atoms with Gasteiger partial charge in [0.2, 0.25) is 12.3 Å². The Morgan fingerprint density at radius 2 is 1.94 bits per heavy atom. The standard InChI is InChI=1S/C12H10FN2O/c13-11-4-2-1-3-10(11)12(16)9-15-7-5-14-6-8-15/h1-8H,9H2/q+1. The maximum Gasteiger partial charge on any atom is 0.230 e. The molecule has 1 aromatic heterocycles. The van der Waals surface area contributed by atoms with Crippen molar-refractivity contribution in [2.45, 2.75) is 6.54 Å². The molecule has 0 amide bonds. The molecule has 0 atom stereocenters. The van der Waals surface area contributed by atoms with Crippen LogP contribution in [0.3, 0.4) is 0 Å². The molecule has 3 nitrogen and oxygen atoms in total. The van der Waals surface area contributed by atoms with Crippen LogP contribution < -0.4 is 4.57 Å². The van der Waals surface area contributed by atoms with Gasteiger partial charge in [0.05, 0.1) is 18.0 Å². The van der Waals surface area contributed by atoms with Crippen molar-refractivity contribution in [1.82, 2.24) is 4.98 Å². The maximum atomic E-state index is 13.3. The zero-order chi connectivity index (χ0) is 11.4. The number of carbonyl (C=O) groups excluding carboxylic acids is 1. The molecule has 0 saturated heterocycles. The van der Waals surface area contributed by atoms with Crippen molar-refractivity contribution in [2.24, 2.45) is 0 Å². The Morgan fingerprint density at radius 3 is 2.62 bits per heavy atom. The largest absolute Gasteiger partial charge is 0.287 e. The third kappa shape index (κ3) is 2.28. The van der Waals surface area contributed by atoms with Crippen LogP contribution in [-0.4, -0.2) is 10.8 Å². The number of benzene rings is 1. The predicted octanol–water partition coefficient (Wildman–Crippen LogP) is 1.39. The first kappa shape index (κ1) is 10.4. The lowest BCUT2D eigenvalue weighted by atomic mass is 10.1. The van der Waals surface area contributed by atoms with E-state index >= 15 is 0 Å². The van der Waals surface area contributed by atoms with Gasteiger partial charge in [0, 0.05) is 0 Å². The van der Waals surface area contributed by atoms with Gasteiger partial charge in [-0.1, -0.05) is 12.1 Å². The van der Waals surface area contributed by atoms with Gasteiger partial charge in [0.15, 0.2) is 12.4 Å². The van der Waals surface area contributed by atoms with Gasteiger partial charge in [-0.05, 0) is 12.1 Å². The maximum absolute atomic E-state index is 13.3. The van der Waals surface area contributed by atoms with Gasteiger partial charge in [0.25, 0.3) is 0 Å². The van der Waals surface area contributed by atoms with Crippen LogP contribution in [-0.2, 0) is 6.54 Å². The monoisotopic (exact) mass is 217 g/mol. The molecule has 0 radical (unpaired) electrons. The summed E-state index contributed by atoms with van der Waals surface area (Å²) in [6, 6.07) is 5.98. The second-order valence-electron chi connectivity index (χ2n) is 3.32. The van der Waals surface area contributed by atoms with Crippen LogP contribution in [0.1, 0.15) is 10.4 Å². The molecule has 0 spiro atoms. The first-order valence-corrected chi connectivity index (χ1v) is 4.84. The number of halogens is 1. The summed E-state index contributed by atoms with van der Waals surface area (Å²) < 4.78 is 15.0. The number of nitrogens with zero attached hydrogens (tertiary/aromatic N) is 2. The van der Waals surface area contributed by atoms with E-state index in [1.807, 2.05) is 0 Å². The molecule has 4 heteroatoms. The Hall–Kier alpha value is -2.10. The molecule has 0 fully saturated rings. The van der Waals surface area contributed by atoms with Crippen molar-refractivity contribution in [3.8, 4) is 0 Å². The summed E-state index contributed by atoms with van der Waals surface area (Å²) in [4.78, 5) is 15.6. The minimum absolute atomic E-state index is 0.115. The Bertz CT molecular complexity index is 499. The van der Waals surface area contributed by atoms with Crippen molar-refractivity contribution in [3.05, 3.63) is 60.4 Å². The minimum Gasteiger partial charge on any atom is -0.287 e. The summed E-state index contributed by atoms with van der Waals surface area (Å²) in [5, 5.41) is 0. The third-order valence-corrected chi connectivity index (χ3v) is 2.19. The van der Waals surface area contributed by atoms with Crippen LogP contribution in [0, 0.1) is 5.82 Å². The number of carbonyl (C=O) groups is 1. The van der Waals surface area contributed by atoms with Crippen molar-refractivity contribution >= 4 is 5.78 Å². The number of aromatic nitrogens is 2. The average molecular weight is 217 g/mol. The summed E-state index contributed by atoms with van der Waals surface area (Å²) in [7, 11) is 0. The van der Waals surface area contributed by atoms with Gasteiger partial charge in [-0.15, -0.1) is 0 Å². The van der Waals surface area contributed by atoms with Crippen molar-refractivity contribution < 1.29 is 13.8 Å². The fraction of sp³-hybridized carbons (Fsp3) is 0.0833. The quantitative estimate of drug-likeness (QED) is 0.575. The summed E-state index contributed by atoms with van der Waals surface area (Å²) in [5.41, 5.74) is 0.117. The molecule has 2 aromatic rings. The highest BCUT2D eigenvalue weighted by atomic mass is 19.1. The van der Waals surface area contributed by atoms with Gasteiger partial charge in [-0.25, -0.2) is 4.39 Å². The Balaban J connectivity index is 2.19. The van der Waals surface area contributed by atoms with Crippen molar-refractivity contribution in [3.63, 3.8) is 0 Å². The molecule has 0 aliphatic heterocycles. The van der Waals surface area contributed by atoms with E-state index in [-0.39, 0.29) is 17.9 Å². The zero-order valence-corrected chi connectivity index (χ0v) is 8.51. The molecule has 1 heterocycles. The highest BCUT2D eigenvalue weighted by Crippen LogP contribution is 2.06. The van der Waals surface area contributed by atoms with Gasteiger partial charge >= 0.3 is 0 Å². The molecule has 2 rings (SSSR count). The SMILES string of the molecule is O=C(C[n+]1ccncc1)c1ccccc1F. The Kier molecular flexibility index (Phi) is 3.00. The number of Topliss-reactive ketones (excluding diaryl/α,β-unsaturated/α-hetero) is 1. The van der Waals surface area contributed by atoms with Crippen LogP contribution >= 0.6 is 0 Å². The highest BCUT2D eigenvalue weighted by Gasteiger charge is 2.15. The number of rotatable bonds is 3. The molecule has 80 valence electrons. The van der Waals surface area contributed by atoms with E-state index in [4.69, 9.17) is 0 Å². The van der Waals surface area contributed by atoms with Crippen LogP contribution in [0.2, 0.25) is 0 Å². The topological polar surface area (TPSA) is 33.8 Å². The van der Waals surface area contributed by atoms with E-state index in [1.54, 1.807) is 41.5 Å². The van der Waals surface area contributed by atoms with Crippen LogP contribution in [0.5, 0.6) is 0 Å². The zero-order valence-electron chi connectivity index (χ0n) is 8.51. The molecule has 1 aromatic carbocycles. The third-order valence-electron chi connectivity index (χ3n) is 2.19. The lowest BCUT2D eigenvalue weighted by molar-refractivity contribution is -0.683. The van der Waals surface area contributed by atoms with E-state index in [1.165, 1.54) is 12.1 Å². The van der Waals surface area contributed by atoms with Crippen LogP contribution in [0.4, 0.5) is 4.39 Å². The summed E-state index contributed by atoms with van der Waals surface area (Å²) in [6.45, 7) is 0.115. The normalized spacial score (nSPS) is 10.1. The lowest BCUT2D eigenvalue weighted by Crippen LogP contribution is -2.37. The highest BCUT2D eigenvalue weighted by molar-refractivity contribution is 5.95. The van der Waals surface area contributed by atoms with E-state index in [0.717, 1.165) is 0 Å². The van der Waals surface area contributed by atoms with Crippen LogP contribution in [0.25, 0.3) is 0 Å². The second-order valence-corrected chi connectivity index (χ2v) is 3.32. The average Bonchev–Trinajstić information content (AvgIpc) is 2.31. The summed E-state index contributed by atoms with van der Waals surface area (Å²) in [5.74, 6) is -0.739. The van der Waals surface area contributed by atoms with Gasteiger partial charge in [-0.3, -0.25) is 9.78 Å². The number of hydrogen-bond acceptors (Lipinski definition) is 2. The summed E-state index contributed by atoms with van der Waals surface area (Å²) in [6.07, 6.45) is 6.49. The first-order valence-electron chi connectivity index (χ1n) is 4.84. The molecule has 0 saturated carbocycles. The minimum atomic E-state index is -0.484. The Morgan fingerprint density at radius 1 is 1.25 bits per heavy atom. The number of ketones is 1. The molecule has 0 bridgehead atoms. The van der Waals surface area contributed by atoms with E-state index in [9.17, 15) is 9.18 Å². The van der Waals surface area contributed by atoms with Crippen LogP contribution in [0.15, 0.2) is 49.1 Å². The fourth-order valence-electron chi connectivity index (χ4n) is 1.39. The van der Waals surface area contributed by atoms with Gasteiger partial charge in [0.1, 0.15) is 5.82 Å². The van der Waals surface area contributed by atoms with Crippen molar-refractivity contribution in [2.75, 3.05) is 0 Å². The van der Waals surface area contributed by atoms with E-state index < -0.39 is 5.82 Å². The van der Waals surface area contributed by atoms with Gasteiger partial charge < -0.3 is 0 Å². The number of hydrogen-bond donors (Lipinski definition) is 0. The molecule has 0 aliphatic carbocycles. The second kappa shape index (κ2) is 4.61. The molecule has 0 N–H and O–H groups in total. The summed E-state index contributed by atoms with van der Waals surface area (Å²) >= 11 is 0. The van der Waals surface area contributed by atoms with Gasteiger partial charge in [-0.2, -0.15) is 4.57 Å². The molecular formula is C12H10FN2O+. The molecule has 16 heavy (non-hydrogen) atoms. The predicted molar refractivity (Wildman–Crippen MR) is 55.2 cm³/mol. The molecule has 0 unspecified atom stereocenters. The Labute approximate surface area is 92.2 Å². The van der Waals surface area contributed by atoms with E-state index in [2.05, 4.69) is 4.98 Å². The van der Waals surface area contributed by atoms with Crippen molar-refractivity contribution in [1.29, 1.82) is 0 Å². The fourth-order valence-corrected chi connectivity index (χ4v) is 1.39. The van der Waals surface area contributed by atoms with E-state index in [0.29, 0.717) is 0 Å². The smallest absolute Gasteiger partial charge is 0.230 e. The lowest BCUT2D eigenvalue weighted by Gasteiger charge is -1.98. The molecular weight excluding hydrogens is 207 g/mol. The first-order chi connectivity index (χ1) is 7.77.